The molecule has 0 N–H and O–H groups in total. The Bertz CT molecular complexity index is 592. The van der Waals surface area contributed by atoms with E-state index >= 15 is 0 Å². The van der Waals surface area contributed by atoms with Crippen molar-refractivity contribution in [2.24, 2.45) is 0 Å². The Kier molecular flexibility index (Phi) is 3.96. The fourth-order valence-electron chi connectivity index (χ4n) is 4.66. The summed E-state index contributed by atoms with van der Waals surface area (Å²) >= 11 is 0. The van der Waals surface area contributed by atoms with E-state index in [1.54, 1.807) is 0 Å². The minimum atomic E-state index is -0.000139. The van der Waals surface area contributed by atoms with E-state index in [0.29, 0.717) is 6.04 Å². The Morgan fingerprint density at radius 2 is 1.30 bits per heavy atom. The SMILES string of the molecule is CN1CC(N2CCCCC2)C1(c1ccccc1)c1ccccc1. The van der Waals surface area contributed by atoms with Crippen LogP contribution in [0.2, 0.25) is 0 Å². The maximum absolute atomic E-state index is 2.74. The summed E-state index contributed by atoms with van der Waals surface area (Å²) in [5.41, 5.74) is 2.85. The van der Waals surface area contributed by atoms with E-state index in [9.17, 15) is 0 Å². The number of hydrogen-bond acceptors (Lipinski definition) is 2. The zero-order valence-corrected chi connectivity index (χ0v) is 14.0. The number of likely N-dealkylation sites (tertiary alicyclic amines) is 2. The van der Waals surface area contributed by atoms with Crippen molar-refractivity contribution < 1.29 is 0 Å². The molecule has 23 heavy (non-hydrogen) atoms. The van der Waals surface area contributed by atoms with Crippen LogP contribution in [-0.2, 0) is 5.54 Å². The molecule has 1 unspecified atom stereocenters. The van der Waals surface area contributed by atoms with Crippen LogP contribution in [0.25, 0.3) is 0 Å². The van der Waals surface area contributed by atoms with Crippen LogP contribution in [0.3, 0.4) is 0 Å². The molecular formula is C21H26N2. The van der Waals surface area contributed by atoms with Gasteiger partial charge in [-0.05, 0) is 44.1 Å². The quantitative estimate of drug-likeness (QED) is 0.852. The predicted molar refractivity (Wildman–Crippen MR) is 95.5 cm³/mol. The second kappa shape index (κ2) is 6.10. The molecule has 0 bridgehead atoms. The van der Waals surface area contributed by atoms with Crippen LogP contribution < -0.4 is 0 Å². The van der Waals surface area contributed by atoms with Crippen molar-refractivity contribution in [2.75, 3.05) is 26.7 Å². The van der Waals surface area contributed by atoms with Gasteiger partial charge in [-0.3, -0.25) is 9.80 Å². The monoisotopic (exact) mass is 306 g/mol. The smallest absolute Gasteiger partial charge is 0.0884 e. The molecular weight excluding hydrogens is 280 g/mol. The molecule has 2 aliphatic heterocycles. The number of benzene rings is 2. The highest BCUT2D eigenvalue weighted by molar-refractivity contribution is 5.44. The normalized spacial score (nSPS) is 25.0. The Labute approximate surface area is 139 Å². The minimum Gasteiger partial charge on any atom is -0.297 e. The van der Waals surface area contributed by atoms with Gasteiger partial charge in [0.25, 0.3) is 0 Å². The lowest BCUT2D eigenvalue weighted by Crippen LogP contribution is -2.73. The van der Waals surface area contributed by atoms with E-state index in [0.717, 1.165) is 6.54 Å². The first-order valence-electron chi connectivity index (χ1n) is 8.90. The third kappa shape index (κ3) is 2.32. The molecule has 0 amide bonds. The van der Waals surface area contributed by atoms with E-state index in [1.807, 2.05) is 0 Å². The Balaban J connectivity index is 1.81. The van der Waals surface area contributed by atoms with Crippen molar-refractivity contribution in [2.45, 2.75) is 30.8 Å². The standard InChI is InChI=1S/C21H26N2/c1-22-17-20(23-15-9-4-10-16-23)21(22,18-11-5-2-6-12-18)19-13-7-3-8-14-19/h2-3,5-8,11-14,20H,4,9-10,15-17H2,1H3. The summed E-state index contributed by atoms with van der Waals surface area (Å²) in [7, 11) is 2.28. The van der Waals surface area contributed by atoms with Gasteiger partial charge in [-0.25, -0.2) is 0 Å². The first-order chi connectivity index (χ1) is 11.3. The lowest BCUT2D eigenvalue weighted by molar-refractivity contribution is -0.0771. The van der Waals surface area contributed by atoms with Gasteiger partial charge >= 0.3 is 0 Å². The average molecular weight is 306 g/mol. The molecule has 2 fully saturated rings. The summed E-state index contributed by atoms with van der Waals surface area (Å²) in [5.74, 6) is 0. The zero-order chi connectivity index (χ0) is 15.7. The second-order valence-corrected chi connectivity index (χ2v) is 6.99. The van der Waals surface area contributed by atoms with Gasteiger partial charge < -0.3 is 0 Å². The third-order valence-corrected chi connectivity index (χ3v) is 5.79. The number of hydrogen-bond donors (Lipinski definition) is 0. The summed E-state index contributed by atoms with van der Waals surface area (Å²) in [4.78, 5) is 5.28. The highest BCUT2D eigenvalue weighted by atomic mass is 15.4. The fourth-order valence-corrected chi connectivity index (χ4v) is 4.66. The molecule has 2 heterocycles. The minimum absolute atomic E-state index is 0.000139. The van der Waals surface area contributed by atoms with Crippen LogP contribution in [0, 0.1) is 0 Å². The molecule has 2 heteroatoms. The van der Waals surface area contributed by atoms with E-state index in [-0.39, 0.29) is 5.54 Å². The number of rotatable bonds is 3. The summed E-state index contributed by atoms with van der Waals surface area (Å²) in [5, 5.41) is 0. The molecule has 4 rings (SSSR count). The van der Waals surface area contributed by atoms with Gasteiger partial charge in [-0.15, -0.1) is 0 Å². The molecule has 0 saturated carbocycles. The first-order valence-corrected chi connectivity index (χ1v) is 8.90. The Hall–Kier alpha value is -1.64. The Morgan fingerprint density at radius 3 is 1.78 bits per heavy atom. The molecule has 2 nitrogen and oxygen atoms in total. The molecule has 2 saturated heterocycles. The Morgan fingerprint density at radius 1 is 0.783 bits per heavy atom. The highest BCUT2D eigenvalue weighted by Crippen LogP contribution is 2.47. The van der Waals surface area contributed by atoms with Gasteiger partial charge in [0.1, 0.15) is 0 Å². The van der Waals surface area contributed by atoms with Gasteiger partial charge in [0.2, 0.25) is 0 Å². The van der Waals surface area contributed by atoms with Crippen LogP contribution in [0.1, 0.15) is 30.4 Å². The average Bonchev–Trinajstić information content (AvgIpc) is 2.62. The number of piperidine rings is 1. The molecule has 120 valence electrons. The predicted octanol–water partition coefficient (Wildman–Crippen LogP) is 3.73. The maximum Gasteiger partial charge on any atom is 0.0884 e. The van der Waals surface area contributed by atoms with Gasteiger partial charge in [-0.2, -0.15) is 0 Å². The summed E-state index contributed by atoms with van der Waals surface area (Å²) in [6.07, 6.45) is 4.09. The van der Waals surface area contributed by atoms with Crippen LogP contribution in [0.5, 0.6) is 0 Å². The van der Waals surface area contributed by atoms with Crippen LogP contribution in [-0.4, -0.2) is 42.5 Å². The van der Waals surface area contributed by atoms with E-state index in [2.05, 4.69) is 77.5 Å². The molecule has 0 aliphatic carbocycles. The van der Waals surface area contributed by atoms with Gasteiger partial charge in [0, 0.05) is 12.6 Å². The van der Waals surface area contributed by atoms with Crippen LogP contribution in [0.4, 0.5) is 0 Å². The molecule has 2 aliphatic rings. The second-order valence-electron chi connectivity index (χ2n) is 6.99. The molecule has 1 atom stereocenters. The number of likely N-dealkylation sites (N-methyl/N-ethyl adjacent to an activating group) is 1. The topological polar surface area (TPSA) is 6.48 Å². The van der Waals surface area contributed by atoms with Gasteiger partial charge in [-0.1, -0.05) is 67.1 Å². The largest absolute Gasteiger partial charge is 0.297 e. The summed E-state index contributed by atoms with van der Waals surface area (Å²) in [6, 6.07) is 22.8. The lowest BCUT2D eigenvalue weighted by Gasteiger charge is -2.61. The highest BCUT2D eigenvalue weighted by Gasteiger charge is 2.55. The number of nitrogens with zero attached hydrogens (tertiary/aromatic N) is 2. The maximum atomic E-state index is 2.74. The van der Waals surface area contributed by atoms with Crippen molar-refractivity contribution in [1.82, 2.24) is 9.80 Å². The van der Waals surface area contributed by atoms with E-state index < -0.39 is 0 Å². The molecule has 2 aromatic carbocycles. The van der Waals surface area contributed by atoms with Crippen LogP contribution in [0.15, 0.2) is 60.7 Å². The van der Waals surface area contributed by atoms with Gasteiger partial charge in [0.05, 0.1) is 5.54 Å². The molecule has 0 spiro atoms. The van der Waals surface area contributed by atoms with E-state index in [4.69, 9.17) is 0 Å². The van der Waals surface area contributed by atoms with Crippen LogP contribution >= 0.6 is 0 Å². The first kappa shape index (κ1) is 14.9. The summed E-state index contributed by atoms with van der Waals surface area (Å²) in [6.45, 7) is 3.66. The summed E-state index contributed by atoms with van der Waals surface area (Å²) < 4.78 is 0. The molecule has 0 aromatic heterocycles. The lowest BCUT2D eigenvalue weighted by atomic mass is 9.68. The van der Waals surface area contributed by atoms with Crippen molar-refractivity contribution in [3.05, 3.63) is 71.8 Å². The zero-order valence-electron chi connectivity index (χ0n) is 14.0. The third-order valence-electron chi connectivity index (χ3n) is 5.79. The fraction of sp³-hybridized carbons (Fsp3) is 0.429. The molecule has 2 aromatic rings. The van der Waals surface area contributed by atoms with Crippen molar-refractivity contribution >= 4 is 0 Å². The van der Waals surface area contributed by atoms with Crippen molar-refractivity contribution in [1.29, 1.82) is 0 Å². The van der Waals surface area contributed by atoms with E-state index in [1.165, 1.54) is 43.5 Å². The molecule has 0 radical (unpaired) electrons. The van der Waals surface area contributed by atoms with Crippen molar-refractivity contribution in [3.8, 4) is 0 Å². The van der Waals surface area contributed by atoms with Crippen molar-refractivity contribution in [3.63, 3.8) is 0 Å². The van der Waals surface area contributed by atoms with Gasteiger partial charge in [0.15, 0.2) is 0 Å².